The first-order valence-corrected chi connectivity index (χ1v) is 9.53. The number of rotatable bonds is 4. The highest BCUT2D eigenvalue weighted by atomic mass is 32.1. The van der Waals surface area contributed by atoms with Gasteiger partial charge in [-0.3, -0.25) is 14.5 Å². The largest absolute Gasteiger partial charge is 0.507 e. The molecule has 1 saturated heterocycles. The van der Waals surface area contributed by atoms with Crippen LogP contribution in [0.25, 0.3) is 5.76 Å². The zero-order chi connectivity index (χ0) is 19.7. The minimum atomic E-state index is -0.706. The van der Waals surface area contributed by atoms with Gasteiger partial charge in [0, 0.05) is 16.1 Å². The van der Waals surface area contributed by atoms with Crippen molar-refractivity contribution in [3.8, 4) is 5.75 Å². The molecule has 1 aliphatic heterocycles. The van der Waals surface area contributed by atoms with Crippen LogP contribution in [0, 0.1) is 0 Å². The number of benzene rings is 2. The van der Waals surface area contributed by atoms with Gasteiger partial charge >= 0.3 is 0 Å². The van der Waals surface area contributed by atoms with Gasteiger partial charge in [0.25, 0.3) is 11.7 Å². The molecule has 2 aromatic carbocycles. The van der Waals surface area contributed by atoms with Crippen molar-refractivity contribution in [1.82, 2.24) is 0 Å². The predicted molar refractivity (Wildman–Crippen MR) is 109 cm³/mol. The van der Waals surface area contributed by atoms with Gasteiger partial charge in [-0.15, -0.1) is 11.3 Å². The molecule has 0 bridgehead atoms. The van der Waals surface area contributed by atoms with Gasteiger partial charge in [0.05, 0.1) is 12.7 Å². The highest BCUT2D eigenvalue weighted by molar-refractivity contribution is 7.10. The maximum absolute atomic E-state index is 12.9. The number of carbonyl (C=O) groups is 2. The number of methoxy groups -OCH3 is 1. The lowest BCUT2D eigenvalue weighted by Crippen LogP contribution is -2.29. The third-order valence-corrected chi connectivity index (χ3v) is 5.56. The molecule has 140 valence electrons. The van der Waals surface area contributed by atoms with Gasteiger partial charge < -0.3 is 9.84 Å². The summed E-state index contributed by atoms with van der Waals surface area (Å²) in [7, 11) is 1.53. The van der Waals surface area contributed by atoms with E-state index in [1.807, 2.05) is 35.7 Å². The molecule has 1 fully saturated rings. The van der Waals surface area contributed by atoms with Crippen molar-refractivity contribution in [3.63, 3.8) is 0 Å². The van der Waals surface area contributed by atoms with Crippen molar-refractivity contribution in [2.24, 2.45) is 0 Å². The Labute approximate surface area is 166 Å². The van der Waals surface area contributed by atoms with Crippen LogP contribution in [-0.2, 0) is 9.59 Å². The maximum Gasteiger partial charge on any atom is 0.300 e. The summed E-state index contributed by atoms with van der Waals surface area (Å²) < 4.78 is 5.21. The average molecular weight is 391 g/mol. The van der Waals surface area contributed by atoms with Crippen LogP contribution in [0.3, 0.4) is 0 Å². The van der Waals surface area contributed by atoms with Crippen molar-refractivity contribution in [1.29, 1.82) is 0 Å². The molecule has 1 aliphatic rings. The molecule has 0 saturated carbocycles. The summed E-state index contributed by atoms with van der Waals surface area (Å²) in [6.07, 6.45) is 0. The molecule has 5 nitrogen and oxygen atoms in total. The number of carbonyl (C=O) groups excluding carboxylic acids is 2. The van der Waals surface area contributed by atoms with Crippen LogP contribution in [0.15, 0.2) is 77.7 Å². The summed E-state index contributed by atoms with van der Waals surface area (Å²) in [5.74, 6) is -1.03. The second kappa shape index (κ2) is 7.32. The SMILES string of the molecule is COc1cccc(/C(O)=C2/C(=O)C(=O)N(c3ccccc3)C2c2cccs2)c1. The number of anilines is 1. The monoisotopic (exact) mass is 391 g/mol. The normalized spacial score (nSPS) is 18.5. The van der Waals surface area contributed by atoms with E-state index < -0.39 is 17.7 Å². The second-order valence-electron chi connectivity index (χ2n) is 6.25. The quantitative estimate of drug-likeness (QED) is 0.407. The summed E-state index contributed by atoms with van der Waals surface area (Å²) in [6.45, 7) is 0. The van der Waals surface area contributed by atoms with E-state index in [0.29, 0.717) is 17.0 Å². The van der Waals surface area contributed by atoms with Gasteiger partial charge in [0.2, 0.25) is 0 Å². The molecular formula is C22H17NO4S. The Kier molecular flexibility index (Phi) is 4.71. The zero-order valence-corrected chi connectivity index (χ0v) is 15.8. The third kappa shape index (κ3) is 2.97. The number of amides is 1. The van der Waals surface area contributed by atoms with Crippen LogP contribution in [0.5, 0.6) is 5.75 Å². The molecule has 1 aromatic heterocycles. The topological polar surface area (TPSA) is 66.8 Å². The number of aliphatic hydroxyl groups is 1. The first-order chi connectivity index (χ1) is 13.6. The number of nitrogens with zero attached hydrogens (tertiary/aromatic N) is 1. The number of hydrogen-bond acceptors (Lipinski definition) is 5. The van der Waals surface area contributed by atoms with Crippen LogP contribution >= 0.6 is 11.3 Å². The van der Waals surface area contributed by atoms with E-state index >= 15 is 0 Å². The molecule has 0 radical (unpaired) electrons. The van der Waals surface area contributed by atoms with Crippen LogP contribution in [0.1, 0.15) is 16.5 Å². The number of ketones is 1. The van der Waals surface area contributed by atoms with Crippen molar-refractivity contribution in [2.45, 2.75) is 6.04 Å². The first kappa shape index (κ1) is 18.0. The lowest BCUT2D eigenvalue weighted by atomic mass is 9.99. The second-order valence-corrected chi connectivity index (χ2v) is 7.23. The summed E-state index contributed by atoms with van der Waals surface area (Å²) in [4.78, 5) is 28.1. The van der Waals surface area contributed by atoms with Crippen molar-refractivity contribution in [2.75, 3.05) is 12.0 Å². The number of para-hydroxylation sites is 1. The minimum absolute atomic E-state index is 0.0737. The Balaban J connectivity index is 1.92. The Hall–Kier alpha value is -3.38. The molecule has 0 aliphatic carbocycles. The highest BCUT2D eigenvalue weighted by Gasteiger charge is 2.47. The van der Waals surface area contributed by atoms with E-state index in [-0.39, 0.29) is 11.3 Å². The lowest BCUT2D eigenvalue weighted by Gasteiger charge is -2.24. The molecule has 4 rings (SSSR count). The van der Waals surface area contributed by atoms with Gasteiger partial charge in [-0.25, -0.2) is 0 Å². The number of aliphatic hydroxyl groups excluding tert-OH is 1. The Bertz CT molecular complexity index is 1060. The van der Waals surface area contributed by atoms with Gasteiger partial charge in [0.15, 0.2) is 0 Å². The Morgan fingerprint density at radius 1 is 1.04 bits per heavy atom. The van der Waals surface area contributed by atoms with Gasteiger partial charge in [-0.1, -0.05) is 36.4 Å². The van der Waals surface area contributed by atoms with Gasteiger partial charge in [-0.05, 0) is 35.7 Å². The maximum atomic E-state index is 12.9. The molecule has 1 amide bonds. The lowest BCUT2D eigenvalue weighted by molar-refractivity contribution is -0.132. The zero-order valence-electron chi connectivity index (χ0n) is 15.0. The molecule has 6 heteroatoms. The Morgan fingerprint density at radius 3 is 2.50 bits per heavy atom. The molecule has 28 heavy (non-hydrogen) atoms. The van der Waals surface area contributed by atoms with Crippen molar-refractivity contribution < 1.29 is 19.4 Å². The molecule has 1 atom stereocenters. The van der Waals surface area contributed by atoms with Crippen molar-refractivity contribution >= 4 is 34.5 Å². The molecule has 3 aromatic rings. The summed E-state index contributed by atoms with van der Waals surface area (Å²) in [5.41, 5.74) is 1.10. The predicted octanol–water partition coefficient (Wildman–Crippen LogP) is 4.38. The minimum Gasteiger partial charge on any atom is -0.507 e. The average Bonchev–Trinajstić information content (AvgIpc) is 3.35. The van der Waals surface area contributed by atoms with E-state index in [4.69, 9.17) is 4.74 Å². The number of hydrogen-bond donors (Lipinski definition) is 1. The van der Waals surface area contributed by atoms with Crippen molar-refractivity contribution in [3.05, 3.63) is 88.1 Å². The highest BCUT2D eigenvalue weighted by Crippen LogP contribution is 2.43. The van der Waals surface area contributed by atoms with E-state index in [2.05, 4.69) is 0 Å². The van der Waals surface area contributed by atoms with E-state index in [0.717, 1.165) is 4.88 Å². The van der Waals surface area contributed by atoms with Crippen LogP contribution in [0.4, 0.5) is 5.69 Å². The van der Waals surface area contributed by atoms with E-state index in [1.54, 1.807) is 36.4 Å². The molecule has 1 unspecified atom stereocenters. The molecule has 0 spiro atoms. The number of ether oxygens (including phenoxy) is 1. The number of thiophene rings is 1. The van der Waals surface area contributed by atoms with E-state index in [9.17, 15) is 14.7 Å². The summed E-state index contributed by atoms with van der Waals surface area (Å²) in [5, 5.41) is 12.9. The molecular weight excluding hydrogens is 374 g/mol. The third-order valence-electron chi connectivity index (χ3n) is 4.63. The number of Topliss-reactive ketones (excluding diaryl/α,β-unsaturated/α-hetero) is 1. The smallest absolute Gasteiger partial charge is 0.300 e. The fourth-order valence-electron chi connectivity index (χ4n) is 3.33. The molecule has 1 N–H and O–H groups in total. The fourth-order valence-corrected chi connectivity index (χ4v) is 4.15. The van der Waals surface area contributed by atoms with Gasteiger partial charge in [-0.2, -0.15) is 0 Å². The summed E-state index contributed by atoms with van der Waals surface area (Å²) >= 11 is 1.43. The van der Waals surface area contributed by atoms with Crippen LogP contribution < -0.4 is 9.64 Å². The first-order valence-electron chi connectivity index (χ1n) is 8.65. The molecule has 2 heterocycles. The van der Waals surface area contributed by atoms with Crippen LogP contribution in [-0.4, -0.2) is 23.9 Å². The van der Waals surface area contributed by atoms with Gasteiger partial charge in [0.1, 0.15) is 17.6 Å². The fraction of sp³-hybridized carbons (Fsp3) is 0.0909. The van der Waals surface area contributed by atoms with Crippen LogP contribution in [0.2, 0.25) is 0 Å². The Morgan fingerprint density at radius 2 is 1.82 bits per heavy atom. The standard InChI is InChI=1S/C22H17NO4S/c1-27-16-10-5-7-14(13-16)20(24)18-19(17-11-6-12-28-17)23(22(26)21(18)25)15-8-3-2-4-9-15/h2-13,19,24H,1H3/b20-18-. The summed E-state index contributed by atoms with van der Waals surface area (Å²) in [6, 6.07) is 18.8. The van der Waals surface area contributed by atoms with E-state index in [1.165, 1.54) is 23.3 Å².